The Morgan fingerprint density at radius 2 is 2.38 bits per heavy atom. The molecule has 1 aliphatic rings. The van der Waals surface area contributed by atoms with Gasteiger partial charge >= 0.3 is 5.97 Å². The Kier molecular flexibility index (Phi) is 3.10. The van der Waals surface area contributed by atoms with Gasteiger partial charge in [0.25, 0.3) is 0 Å². The highest BCUT2D eigenvalue weighted by molar-refractivity contribution is 5.75. The lowest BCUT2D eigenvalue weighted by Gasteiger charge is -2.06. The summed E-state index contributed by atoms with van der Waals surface area (Å²) >= 11 is 0. The number of carbonyl (C=O) groups is 1. The van der Waals surface area contributed by atoms with Crippen LogP contribution in [0.25, 0.3) is 0 Å². The Bertz CT molecular complexity index is 388. The molecule has 0 spiro atoms. The van der Waals surface area contributed by atoms with Crippen LogP contribution in [0.5, 0.6) is 5.75 Å². The molecule has 16 heavy (non-hydrogen) atoms. The summed E-state index contributed by atoms with van der Waals surface area (Å²) in [6.45, 7) is 0.205. The first-order valence-corrected chi connectivity index (χ1v) is 5.17. The Balaban J connectivity index is 2.03. The van der Waals surface area contributed by atoms with Gasteiger partial charge in [0.15, 0.2) is 6.79 Å². The average Bonchev–Trinajstić information content (AvgIpc) is 3.07. The first-order chi connectivity index (χ1) is 7.72. The third-order valence-corrected chi connectivity index (χ3v) is 2.74. The zero-order valence-corrected chi connectivity index (χ0v) is 9.05. The van der Waals surface area contributed by atoms with E-state index in [2.05, 4.69) is 0 Å². The molecule has 0 radical (unpaired) electrons. The van der Waals surface area contributed by atoms with Gasteiger partial charge in [0.05, 0.1) is 5.92 Å². The molecular weight excluding hydrogens is 208 g/mol. The number of carboxylic acids is 1. The second kappa shape index (κ2) is 4.53. The molecule has 86 valence electrons. The van der Waals surface area contributed by atoms with Gasteiger partial charge in [0.2, 0.25) is 0 Å². The van der Waals surface area contributed by atoms with E-state index in [0.717, 1.165) is 17.7 Å². The third kappa shape index (κ3) is 2.33. The number of methoxy groups -OCH3 is 1. The van der Waals surface area contributed by atoms with Gasteiger partial charge in [-0.25, -0.2) is 0 Å². The van der Waals surface area contributed by atoms with E-state index in [1.165, 1.54) is 0 Å². The fraction of sp³-hybridized carbons (Fsp3) is 0.417. The predicted octanol–water partition coefficient (Wildman–Crippen LogP) is 1.86. The van der Waals surface area contributed by atoms with Gasteiger partial charge in [0, 0.05) is 7.11 Å². The molecule has 4 nitrogen and oxygen atoms in total. The van der Waals surface area contributed by atoms with E-state index in [0.29, 0.717) is 0 Å². The molecule has 1 N–H and O–H groups in total. The van der Waals surface area contributed by atoms with Crippen LogP contribution < -0.4 is 4.74 Å². The number of benzene rings is 1. The van der Waals surface area contributed by atoms with Crippen LogP contribution in [0.15, 0.2) is 24.3 Å². The molecule has 2 unspecified atom stereocenters. The van der Waals surface area contributed by atoms with Gasteiger partial charge < -0.3 is 14.6 Å². The fourth-order valence-corrected chi connectivity index (χ4v) is 1.80. The minimum Gasteiger partial charge on any atom is -0.481 e. The summed E-state index contributed by atoms with van der Waals surface area (Å²) in [5, 5.41) is 8.84. The first kappa shape index (κ1) is 11.0. The molecule has 0 heterocycles. The number of aliphatic carboxylic acids is 1. The highest BCUT2D eigenvalue weighted by Gasteiger charge is 2.44. The molecule has 4 heteroatoms. The van der Waals surface area contributed by atoms with E-state index >= 15 is 0 Å². The number of hydrogen-bond donors (Lipinski definition) is 1. The average molecular weight is 222 g/mol. The molecule has 0 aliphatic heterocycles. The molecule has 2 atom stereocenters. The van der Waals surface area contributed by atoms with E-state index in [9.17, 15) is 4.79 Å². The van der Waals surface area contributed by atoms with Gasteiger partial charge in [-0.05, 0) is 30.0 Å². The standard InChI is InChI=1S/C12H14O4/c1-15-7-16-9-4-2-3-8(5-9)10-6-11(10)12(13)14/h2-5,10-11H,6-7H2,1H3,(H,13,14). The van der Waals surface area contributed by atoms with Crippen LogP contribution in [0, 0.1) is 5.92 Å². The fourth-order valence-electron chi connectivity index (χ4n) is 1.80. The van der Waals surface area contributed by atoms with E-state index < -0.39 is 5.97 Å². The number of hydrogen-bond acceptors (Lipinski definition) is 3. The largest absolute Gasteiger partial charge is 0.481 e. The zero-order chi connectivity index (χ0) is 11.5. The zero-order valence-electron chi connectivity index (χ0n) is 9.05. The smallest absolute Gasteiger partial charge is 0.307 e. The second-order valence-electron chi connectivity index (χ2n) is 3.91. The van der Waals surface area contributed by atoms with Crippen molar-refractivity contribution in [3.8, 4) is 5.75 Å². The van der Waals surface area contributed by atoms with Crippen molar-refractivity contribution in [2.24, 2.45) is 5.92 Å². The molecule has 2 rings (SSSR count). The van der Waals surface area contributed by atoms with Gasteiger partial charge in [-0.3, -0.25) is 4.79 Å². The summed E-state index contributed by atoms with van der Waals surface area (Å²) in [5.41, 5.74) is 1.03. The van der Waals surface area contributed by atoms with Crippen molar-refractivity contribution in [2.45, 2.75) is 12.3 Å². The van der Waals surface area contributed by atoms with Gasteiger partial charge in [-0.15, -0.1) is 0 Å². The van der Waals surface area contributed by atoms with Crippen LogP contribution in [0.1, 0.15) is 17.9 Å². The molecular formula is C12H14O4. The minimum absolute atomic E-state index is 0.142. The molecule has 0 amide bonds. The highest BCUT2D eigenvalue weighted by atomic mass is 16.7. The van der Waals surface area contributed by atoms with E-state index in [1.54, 1.807) is 7.11 Å². The lowest BCUT2D eigenvalue weighted by Crippen LogP contribution is -2.00. The Morgan fingerprint density at radius 1 is 1.56 bits per heavy atom. The Labute approximate surface area is 93.8 Å². The lowest BCUT2D eigenvalue weighted by atomic mass is 10.1. The molecule has 0 bridgehead atoms. The minimum atomic E-state index is -0.715. The van der Waals surface area contributed by atoms with Crippen molar-refractivity contribution in [1.82, 2.24) is 0 Å². The van der Waals surface area contributed by atoms with Crippen molar-refractivity contribution in [1.29, 1.82) is 0 Å². The van der Waals surface area contributed by atoms with E-state index in [-0.39, 0.29) is 18.6 Å². The Hall–Kier alpha value is -1.55. The maximum Gasteiger partial charge on any atom is 0.307 e. The van der Waals surface area contributed by atoms with Gasteiger partial charge in [-0.1, -0.05) is 12.1 Å². The SMILES string of the molecule is COCOc1cccc(C2CC2C(=O)O)c1. The third-order valence-electron chi connectivity index (χ3n) is 2.74. The lowest BCUT2D eigenvalue weighted by molar-refractivity contribution is -0.138. The maximum absolute atomic E-state index is 10.8. The summed E-state index contributed by atoms with van der Waals surface area (Å²) in [4.78, 5) is 10.8. The summed E-state index contributed by atoms with van der Waals surface area (Å²) in [6.07, 6.45) is 0.725. The van der Waals surface area contributed by atoms with Crippen LogP contribution in [-0.4, -0.2) is 25.0 Å². The van der Waals surface area contributed by atoms with Crippen LogP contribution in [0.3, 0.4) is 0 Å². The normalized spacial score (nSPS) is 22.8. The number of rotatable bonds is 5. The van der Waals surface area contributed by atoms with E-state index in [1.807, 2.05) is 24.3 Å². The summed E-state index contributed by atoms with van der Waals surface area (Å²) in [7, 11) is 1.56. The molecule has 1 saturated carbocycles. The van der Waals surface area contributed by atoms with Crippen molar-refractivity contribution in [3.05, 3.63) is 29.8 Å². The number of ether oxygens (including phenoxy) is 2. The Morgan fingerprint density at radius 3 is 3.00 bits per heavy atom. The quantitative estimate of drug-likeness (QED) is 0.772. The molecule has 1 aliphatic carbocycles. The van der Waals surface area contributed by atoms with Crippen molar-refractivity contribution in [3.63, 3.8) is 0 Å². The molecule has 0 aromatic heterocycles. The topological polar surface area (TPSA) is 55.8 Å². The van der Waals surface area contributed by atoms with Crippen molar-refractivity contribution >= 4 is 5.97 Å². The molecule has 1 aromatic carbocycles. The van der Waals surface area contributed by atoms with E-state index in [4.69, 9.17) is 14.6 Å². The summed E-state index contributed by atoms with van der Waals surface area (Å²) in [6, 6.07) is 7.53. The molecule has 1 fully saturated rings. The van der Waals surface area contributed by atoms with Crippen LogP contribution >= 0.6 is 0 Å². The van der Waals surface area contributed by atoms with Gasteiger partial charge in [-0.2, -0.15) is 0 Å². The maximum atomic E-state index is 10.8. The number of carboxylic acid groups (broad SMARTS) is 1. The van der Waals surface area contributed by atoms with Crippen molar-refractivity contribution < 1.29 is 19.4 Å². The predicted molar refractivity (Wildman–Crippen MR) is 57.4 cm³/mol. The van der Waals surface area contributed by atoms with Crippen molar-refractivity contribution in [2.75, 3.05) is 13.9 Å². The summed E-state index contributed by atoms with van der Waals surface area (Å²) < 4.78 is 10.1. The van der Waals surface area contributed by atoms with Crippen LogP contribution in [-0.2, 0) is 9.53 Å². The molecule has 1 aromatic rings. The molecule has 0 saturated heterocycles. The first-order valence-electron chi connectivity index (χ1n) is 5.17. The highest BCUT2D eigenvalue weighted by Crippen LogP contribution is 2.48. The van der Waals surface area contributed by atoms with Crippen LogP contribution in [0.2, 0.25) is 0 Å². The monoisotopic (exact) mass is 222 g/mol. The second-order valence-corrected chi connectivity index (χ2v) is 3.91. The van der Waals surface area contributed by atoms with Crippen LogP contribution in [0.4, 0.5) is 0 Å². The summed E-state index contributed by atoms with van der Waals surface area (Å²) in [5.74, 6) is -0.0788. The van der Waals surface area contributed by atoms with Gasteiger partial charge in [0.1, 0.15) is 5.75 Å².